The van der Waals surface area contributed by atoms with Crippen molar-refractivity contribution < 1.29 is 9.15 Å². The van der Waals surface area contributed by atoms with Crippen molar-refractivity contribution in [3.05, 3.63) is 47.6 Å². The Bertz CT molecular complexity index is 706. The zero-order valence-electron chi connectivity index (χ0n) is 9.68. The van der Waals surface area contributed by atoms with E-state index in [1.807, 2.05) is 36.4 Å². The Morgan fingerprint density at radius 1 is 1.22 bits per heavy atom. The predicted molar refractivity (Wildman–Crippen MR) is 71.0 cm³/mol. The summed E-state index contributed by atoms with van der Waals surface area (Å²) in [4.78, 5) is 4.21. The number of pyridine rings is 1. The van der Waals surface area contributed by atoms with Crippen molar-refractivity contribution in [2.24, 2.45) is 0 Å². The zero-order valence-corrected chi connectivity index (χ0v) is 10.4. The zero-order chi connectivity index (χ0) is 12.5. The third-order valence-corrected chi connectivity index (χ3v) is 3.07. The third kappa shape index (κ3) is 1.73. The van der Waals surface area contributed by atoms with Gasteiger partial charge in [0, 0.05) is 11.8 Å². The molecule has 0 bridgehead atoms. The molecule has 0 saturated carbocycles. The van der Waals surface area contributed by atoms with Gasteiger partial charge in [-0.05, 0) is 24.3 Å². The average Bonchev–Trinajstić information content (AvgIpc) is 2.77. The number of hydrogen-bond donors (Lipinski definition) is 0. The number of benzene rings is 1. The van der Waals surface area contributed by atoms with E-state index in [1.165, 1.54) is 0 Å². The number of aromatic nitrogens is 1. The van der Waals surface area contributed by atoms with Crippen LogP contribution < -0.4 is 4.74 Å². The van der Waals surface area contributed by atoms with Crippen LogP contribution in [0, 0.1) is 0 Å². The van der Waals surface area contributed by atoms with Gasteiger partial charge >= 0.3 is 0 Å². The molecule has 0 N–H and O–H groups in total. The summed E-state index contributed by atoms with van der Waals surface area (Å²) in [5, 5.41) is 0.527. The van der Waals surface area contributed by atoms with Gasteiger partial charge in [-0.1, -0.05) is 23.7 Å². The Labute approximate surface area is 109 Å². The van der Waals surface area contributed by atoms with Crippen molar-refractivity contribution in [2.45, 2.75) is 0 Å². The average molecular weight is 260 g/mol. The fourth-order valence-electron chi connectivity index (χ4n) is 1.85. The standard InChI is InChI=1S/C14H10ClNO2/c1-17-10-5-2-4-9(8-10)14-12(15)13-11(18-14)6-3-7-16-13/h2-8H,1H3. The van der Waals surface area contributed by atoms with Crippen LogP contribution in [0.4, 0.5) is 0 Å². The first kappa shape index (κ1) is 11.1. The fraction of sp³-hybridized carbons (Fsp3) is 0.0714. The minimum atomic E-state index is 0.527. The van der Waals surface area contributed by atoms with Gasteiger partial charge in [0.05, 0.1) is 7.11 Å². The Balaban J connectivity index is 2.21. The van der Waals surface area contributed by atoms with Crippen molar-refractivity contribution in [1.29, 1.82) is 0 Å². The van der Waals surface area contributed by atoms with Gasteiger partial charge in [-0.2, -0.15) is 0 Å². The van der Waals surface area contributed by atoms with Crippen LogP contribution in [0.3, 0.4) is 0 Å². The largest absolute Gasteiger partial charge is 0.497 e. The van der Waals surface area contributed by atoms with Crippen LogP contribution in [-0.2, 0) is 0 Å². The Hall–Kier alpha value is -2.00. The molecule has 3 nitrogen and oxygen atoms in total. The summed E-state index contributed by atoms with van der Waals surface area (Å²) in [5.41, 5.74) is 2.23. The third-order valence-electron chi connectivity index (χ3n) is 2.72. The summed E-state index contributed by atoms with van der Waals surface area (Å²) >= 11 is 6.29. The summed E-state index contributed by atoms with van der Waals surface area (Å²) in [6.45, 7) is 0. The summed E-state index contributed by atoms with van der Waals surface area (Å²) < 4.78 is 10.9. The summed E-state index contributed by atoms with van der Waals surface area (Å²) in [5.74, 6) is 1.38. The van der Waals surface area contributed by atoms with Crippen molar-refractivity contribution in [3.8, 4) is 17.1 Å². The molecule has 0 aliphatic rings. The lowest BCUT2D eigenvalue weighted by Crippen LogP contribution is -1.82. The van der Waals surface area contributed by atoms with Gasteiger partial charge in [0.1, 0.15) is 16.3 Å². The van der Waals surface area contributed by atoms with Crippen LogP contribution in [0.25, 0.3) is 22.4 Å². The second-order valence-corrected chi connectivity index (χ2v) is 4.21. The quantitative estimate of drug-likeness (QED) is 0.693. The van der Waals surface area contributed by atoms with Crippen LogP contribution in [0.1, 0.15) is 0 Å². The maximum absolute atomic E-state index is 6.29. The molecule has 3 rings (SSSR count). The maximum Gasteiger partial charge on any atom is 0.155 e. The molecule has 0 atom stereocenters. The predicted octanol–water partition coefficient (Wildman–Crippen LogP) is 4.16. The monoisotopic (exact) mass is 259 g/mol. The van der Waals surface area contributed by atoms with Gasteiger partial charge < -0.3 is 9.15 Å². The second kappa shape index (κ2) is 4.35. The molecule has 2 heterocycles. The fourth-order valence-corrected chi connectivity index (χ4v) is 2.14. The lowest BCUT2D eigenvalue weighted by atomic mass is 10.1. The molecule has 0 aliphatic carbocycles. The topological polar surface area (TPSA) is 35.3 Å². The molecule has 0 fully saturated rings. The summed E-state index contributed by atoms with van der Waals surface area (Å²) in [6, 6.07) is 11.2. The molecule has 18 heavy (non-hydrogen) atoms. The molecule has 0 spiro atoms. The van der Waals surface area contributed by atoms with Gasteiger partial charge in [0.2, 0.25) is 0 Å². The van der Waals surface area contributed by atoms with Gasteiger partial charge in [0.15, 0.2) is 11.3 Å². The van der Waals surface area contributed by atoms with E-state index in [0.29, 0.717) is 21.9 Å². The number of fused-ring (bicyclic) bond motifs is 1. The number of furan rings is 1. The van der Waals surface area contributed by atoms with Crippen molar-refractivity contribution in [2.75, 3.05) is 7.11 Å². The van der Waals surface area contributed by atoms with E-state index in [2.05, 4.69) is 4.98 Å². The highest BCUT2D eigenvalue weighted by atomic mass is 35.5. The lowest BCUT2D eigenvalue weighted by Gasteiger charge is -2.01. The first-order valence-corrected chi connectivity index (χ1v) is 5.85. The molecule has 4 heteroatoms. The number of hydrogen-bond acceptors (Lipinski definition) is 3. The molecular weight excluding hydrogens is 250 g/mol. The normalized spacial score (nSPS) is 10.8. The molecule has 1 aromatic carbocycles. The summed E-state index contributed by atoms with van der Waals surface area (Å²) in [6.07, 6.45) is 1.69. The molecule has 3 aromatic rings. The smallest absolute Gasteiger partial charge is 0.155 e. The highest BCUT2D eigenvalue weighted by Gasteiger charge is 2.15. The van der Waals surface area contributed by atoms with Crippen molar-refractivity contribution in [1.82, 2.24) is 4.98 Å². The van der Waals surface area contributed by atoms with Gasteiger partial charge in [0.25, 0.3) is 0 Å². The van der Waals surface area contributed by atoms with E-state index in [1.54, 1.807) is 13.3 Å². The number of rotatable bonds is 2. The Morgan fingerprint density at radius 2 is 2.11 bits per heavy atom. The van der Waals surface area contributed by atoms with Crippen molar-refractivity contribution >= 4 is 22.7 Å². The van der Waals surface area contributed by atoms with E-state index < -0.39 is 0 Å². The van der Waals surface area contributed by atoms with Crippen LogP contribution >= 0.6 is 11.6 Å². The molecule has 90 valence electrons. The molecule has 0 saturated heterocycles. The minimum Gasteiger partial charge on any atom is -0.497 e. The van der Waals surface area contributed by atoms with Crippen molar-refractivity contribution in [3.63, 3.8) is 0 Å². The summed E-state index contributed by atoms with van der Waals surface area (Å²) in [7, 11) is 1.63. The highest BCUT2D eigenvalue weighted by molar-refractivity contribution is 6.37. The first-order valence-electron chi connectivity index (χ1n) is 5.47. The second-order valence-electron chi connectivity index (χ2n) is 3.83. The molecule has 2 aromatic heterocycles. The number of methoxy groups -OCH3 is 1. The van der Waals surface area contributed by atoms with Gasteiger partial charge in [-0.25, -0.2) is 0 Å². The Morgan fingerprint density at radius 3 is 2.89 bits per heavy atom. The van der Waals surface area contributed by atoms with Crippen LogP contribution in [0.15, 0.2) is 47.0 Å². The minimum absolute atomic E-state index is 0.527. The number of halogens is 1. The van der Waals surface area contributed by atoms with E-state index >= 15 is 0 Å². The molecule has 0 amide bonds. The lowest BCUT2D eigenvalue weighted by molar-refractivity contribution is 0.415. The van der Waals surface area contributed by atoms with E-state index in [-0.39, 0.29) is 0 Å². The van der Waals surface area contributed by atoms with E-state index in [9.17, 15) is 0 Å². The van der Waals surface area contributed by atoms with E-state index in [4.69, 9.17) is 20.8 Å². The molecule has 0 aliphatic heterocycles. The molecule has 0 radical (unpaired) electrons. The highest BCUT2D eigenvalue weighted by Crippen LogP contribution is 2.37. The van der Waals surface area contributed by atoms with Gasteiger partial charge in [-0.15, -0.1) is 0 Å². The van der Waals surface area contributed by atoms with Crippen LogP contribution in [0.2, 0.25) is 5.02 Å². The van der Waals surface area contributed by atoms with E-state index in [0.717, 1.165) is 11.3 Å². The van der Waals surface area contributed by atoms with Gasteiger partial charge in [-0.3, -0.25) is 4.98 Å². The number of ether oxygens (including phenoxy) is 1. The first-order chi connectivity index (χ1) is 8.79. The Kier molecular flexibility index (Phi) is 2.68. The molecular formula is C14H10ClNO2. The SMILES string of the molecule is COc1cccc(-c2oc3cccnc3c2Cl)c1. The van der Waals surface area contributed by atoms with Crippen LogP contribution in [0.5, 0.6) is 5.75 Å². The maximum atomic E-state index is 6.29. The number of nitrogens with zero attached hydrogens (tertiary/aromatic N) is 1. The van der Waals surface area contributed by atoms with Crippen LogP contribution in [-0.4, -0.2) is 12.1 Å². The molecule has 0 unspecified atom stereocenters.